The molecule has 1 heterocycles. The van der Waals surface area contributed by atoms with Crippen molar-refractivity contribution in [3.63, 3.8) is 0 Å². The van der Waals surface area contributed by atoms with E-state index in [0.29, 0.717) is 23.4 Å². The summed E-state index contributed by atoms with van der Waals surface area (Å²) in [6.07, 6.45) is 1.05. The van der Waals surface area contributed by atoms with Gasteiger partial charge in [-0.15, -0.1) is 0 Å². The van der Waals surface area contributed by atoms with Crippen molar-refractivity contribution in [3.05, 3.63) is 59.9 Å². The molecule has 0 saturated carbocycles. The minimum atomic E-state index is -0.576. The summed E-state index contributed by atoms with van der Waals surface area (Å²) in [4.78, 5) is 4.16. The van der Waals surface area contributed by atoms with Crippen LogP contribution >= 0.6 is 15.9 Å². The molecule has 1 aromatic heterocycles. The lowest BCUT2D eigenvalue weighted by molar-refractivity contribution is 0.200. The van der Waals surface area contributed by atoms with Gasteiger partial charge in [-0.25, -0.2) is 0 Å². The Bertz CT molecular complexity index is 473. The molecule has 1 aromatic carbocycles. The number of rotatable bonds is 5. The van der Waals surface area contributed by atoms with Crippen molar-refractivity contribution < 1.29 is 9.84 Å². The van der Waals surface area contributed by atoms with Crippen LogP contribution in [0.4, 0.5) is 0 Å². The minimum absolute atomic E-state index is 0.476. The van der Waals surface area contributed by atoms with E-state index in [4.69, 9.17) is 4.74 Å². The van der Waals surface area contributed by atoms with E-state index in [1.807, 2.05) is 36.4 Å². The first-order valence-electron chi connectivity index (χ1n) is 5.66. The first-order valence-corrected chi connectivity index (χ1v) is 6.78. The fraction of sp³-hybridized carbons (Fsp3) is 0.214. The Balaban J connectivity index is 1.94. The zero-order chi connectivity index (χ0) is 12.8. The maximum atomic E-state index is 9.58. The van der Waals surface area contributed by atoms with Gasteiger partial charge in [0.05, 0.1) is 11.9 Å². The number of hydrogen-bond acceptors (Lipinski definition) is 3. The zero-order valence-electron chi connectivity index (χ0n) is 9.79. The molecule has 1 unspecified atom stereocenters. The van der Waals surface area contributed by atoms with Gasteiger partial charge in [0.15, 0.2) is 0 Å². The predicted molar refractivity (Wildman–Crippen MR) is 73.8 cm³/mol. The Kier molecular flexibility index (Phi) is 4.73. The van der Waals surface area contributed by atoms with Gasteiger partial charge in [-0.3, -0.25) is 4.98 Å². The molecule has 4 heteroatoms. The Hall–Kier alpha value is -1.39. The summed E-state index contributed by atoms with van der Waals surface area (Å²) in [5.74, 6) is 0.698. The van der Waals surface area contributed by atoms with Gasteiger partial charge < -0.3 is 9.84 Å². The maximum absolute atomic E-state index is 9.58. The van der Waals surface area contributed by atoms with Crippen LogP contribution in [0.3, 0.4) is 0 Å². The number of aromatic nitrogens is 1. The normalized spacial score (nSPS) is 12.1. The van der Waals surface area contributed by atoms with Crippen LogP contribution in [-0.4, -0.2) is 15.4 Å². The molecule has 3 nitrogen and oxygen atoms in total. The quantitative estimate of drug-likeness (QED) is 0.863. The van der Waals surface area contributed by atoms with Crippen molar-refractivity contribution in [3.8, 4) is 5.75 Å². The van der Waals surface area contributed by atoms with Gasteiger partial charge in [-0.05, 0) is 17.7 Å². The minimum Gasteiger partial charge on any atom is -0.487 e. The third kappa shape index (κ3) is 3.55. The standard InChI is InChI=1S/C14H14BrNO2/c15-8-14(17)13-7-6-12(9-16-13)18-10-11-4-2-1-3-5-11/h1-7,9,14,17H,8,10H2. The summed E-state index contributed by atoms with van der Waals surface area (Å²) in [7, 11) is 0. The fourth-order valence-corrected chi connectivity index (χ4v) is 1.83. The monoisotopic (exact) mass is 307 g/mol. The smallest absolute Gasteiger partial charge is 0.138 e. The van der Waals surface area contributed by atoms with Gasteiger partial charge in [0.1, 0.15) is 18.5 Å². The Morgan fingerprint density at radius 2 is 1.94 bits per heavy atom. The van der Waals surface area contributed by atoms with Crippen molar-refractivity contribution in [1.29, 1.82) is 0 Å². The molecule has 0 saturated heterocycles. The first-order chi connectivity index (χ1) is 8.79. The number of hydrogen-bond donors (Lipinski definition) is 1. The molecule has 0 aliphatic carbocycles. The van der Waals surface area contributed by atoms with Gasteiger partial charge in [-0.2, -0.15) is 0 Å². The summed E-state index contributed by atoms with van der Waals surface area (Å²) in [5, 5.41) is 10.1. The second-order valence-electron chi connectivity index (χ2n) is 3.86. The average molecular weight is 308 g/mol. The van der Waals surface area contributed by atoms with E-state index >= 15 is 0 Å². The van der Waals surface area contributed by atoms with Crippen LogP contribution in [0.2, 0.25) is 0 Å². The molecule has 18 heavy (non-hydrogen) atoms. The molecule has 1 N–H and O–H groups in total. The van der Waals surface area contributed by atoms with E-state index in [1.54, 1.807) is 12.3 Å². The van der Waals surface area contributed by atoms with Crippen LogP contribution in [0.15, 0.2) is 48.7 Å². The van der Waals surface area contributed by atoms with E-state index in [2.05, 4.69) is 20.9 Å². The molecule has 0 aliphatic heterocycles. The first kappa shape index (κ1) is 13.1. The van der Waals surface area contributed by atoms with Gasteiger partial charge >= 0.3 is 0 Å². The van der Waals surface area contributed by atoms with Gasteiger partial charge in [-0.1, -0.05) is 46.3 Å². The Morgan fingerprint density at radius 1 is 1.17 bits per heavy atom. The van der Waals surface area contributed by atoms with Crippen LogP contribution in [0.25, 0.3) is 0 Å². The number of pyridine rings is 1. The summed E-state index contributed by atoms with van der Waals surface area (Å²) >= 11 is 3.21. The van der Waals surface area contributed by atoms with E-state index in [9.17, 15) is 5.11 Å². The molecule has 0 spiro atoms. The number of aliphatic hydroxyl groups excluding tert-OH is 1. The number of halogens is 1. The van der Waals surface area contributed by atoms with Crippen LogP contribution in [0.5, 0.6) is 5.75 Å². The zero-order valence-corrected chi connectivity index (χ0v) is 11.4. The molecule has 0 radical (unpaired) electrons. The second-order valence-corrected chi connectivity index (χ2v) is 4.51. The third-order valence-corrected chi connectivity index (χ3v) is 3.11. The predicted octanol–water partition coefficient (Wildman–Crippen LogP) is 3.09. The van der Waals surface area contributed by atoms with Crippen molar-refractivity contribution in [2.24, 2.45) is 0 Å². The summed E-state index contributed by atoms with van der Waals surface area (Å²) in [5.41, 5.74) is 1.75. The number of nitrogens with zero attached hydrogens (tertiary/aromatic N) is 1. The molecule has 0 amide bonds. The van der Waals surface area contributed by atoms with Gasteiger partial charge in [0.2, 0.25) is 0 Å². The van der Waals surface area contributed by atoms with E-state index in [1.165, 1.54) is 0 Å². The van der Waals surface area contributed by atoms with Crippen molar-refractivity contribution >= 4 is 15.9 Å². The SMILES string of the molecule is OC(CBr)c1ccc(OCc2ccccc2)cn1. The summed E-state index contributed by atoms with van der Waals surface area (Å²) in [6.45, 7) is 0.517. The summed E-state index contributed by atoms with van der Waals surface area (Å²) < 4.78 is 5.60. The maximum Gasteiger partial charge on any atom is 0.138 e. The van der Waals surface area contributed by atoms with Crippen molar-refractivity contribution in [2.75, 3.05) is 5.33 Å². The lowest BCUT2D eigenvalue weighted by Gasteiger charge is -2.08. The van der Waals surface area contributed by atoms with E-state index in [0.717, 1.165) is 5.56 Å². The van der Waals surface area contributed by atoms with Crippen LogP contribution in [0.1, 0.15) is 17.4 Å². The molecule has 2 aromatic rings. The highest BCUT2D eigenvalue weighted by molar-refractivity contribution is 9.09. The number of aliphatic hydroxyl groups is 1. The molecule has 0 aliphatic rings. The Morgan fingerprint density at radius 3 is 2.56 bits per heavy atom. The summed E-state index contributed by atoms with van der Waals surface area (Å²) in [6, 6.07) is 13.5. The Labute approximate surface area is 115 Å². The highest BCUT2D eigenvalue weighted by Gasteiger charge is 2.06. The molecule has 94 valence electrons. The van der Waals surface area contributed by atoms with Crippen molar-refractivity contribution in [1.82, 2.24) is 4.98 Å². The van der Waals surface area contributed by atoms with Crippen molar-refractivity contribution in [2.45, 2.75) is 12.7 Å². The van der Waals surface area contributed by atoms with Gasteiger partial charge in [0, 0.05) is 5.33 Å². The second kappa shape index (κ2) is 6.52. The lowest BCUT2D eigenvalue weighted by atomic mass is 10.2. The molecule has 1 atom stereocenters. The molecular weight excluding hydrogens is 294 g/mol. The topological polar surface area (TPSA) is 42.4 Å². The third-order valence-electron chi connectivity index (χ3n) is 2.50. The molecule has 2 rings (SSSR count). The molecular formula is C14H14BrNO2. The van der Waals surface area contributed by atoms with Crippen LogP contribution in [-0.2, 0) is 6.61 Å². The highest BCUT2D eigenvalue weighted by Crippen LogP contribution is 2.17. The van der Waals surface area contributed by atoms with E-state index in [-0.39, 0.29) is 0 Å². The number of alkyl halides is 1. The van der Waals surface area contributed by atoms with E-state index < -0.39 is 6.10 Å². The van der Waals surface area contributed by atoms with Gasteiger partial charge in [0.25, 0.3) is 0 Å². The molecule has 0 bridgehead atoms. The van der Waals surface area contributed by atoms with Crippen LogP contribution in [0, 0.1) is 0 Å². The highest BCUT2D eigenvalue weighted by atomic mass is 79.9. The lowest BCUT2D eigenvalue weighted by Crippen LogP contribution is -2.02. The molecule has 0 fully saturated rings. The van der Waals surface area contributed by atoms with Crippen LogP contribution < -0.4 is 4.74 Å². The largest absolute Gasteiger partial charge is 0.487 e. The fourth-order valence-electron chi connectivity index (χ4n) is 1.49. The average Bonchev–Trinajstić information content (AvgIpc) is 2.46. The number of benzene rings is 1. The number of ether oxygens (including phenoxy) is 1.